The molecule has 1 N–H and O–H groups in total. The molecule has 0 spiro atoms. The lowest BCUT2D eigenvalue weighted by Crippen LogP contribution is -2.26. The number of nitrogens with one attached hydrogen (secondary N) is 1. The smallest absolute Gasteiger partial charge is 0.275 e. The molecule has 2 rings (SSSR count). The van der Waals surface area contributed by atoms with Crippen LogP contribution in [0.2, 0.25) is 0 Å². The maximum atomic E-state index is 11.1. The molecule has 1 aromatic rings. The van der Waals surface area contributed by atoms with E-state index in [4.69, 9.17) is 0 Å². The van der Waals surface area contributed by atoms with Crippen molar-refractivity contribution in [3.8, 4) is 0 Å². The Labute approximate surface area is 134 Å². The summed E-state index contributed by atoms with van der Waals surface area (Å²) in [5, 5.41) is 14.5. The van der Waals surface area contributed by atoms with E-state index >= 15 is 0 Å². The molecule has 0 amide bonds. The summed E-state index contributed by atoms with van der Waals surface area (Å²) in [7, 11) is 0. The lowest BCUT2D eigenvalue weighted by Gasteiger charge is -2.27. The van der Waals surface area contributed by atoms with Crippen molar-refractivity contribution in [2.75, 3.05) is 6.54 Å². The molecule has 0 heterocycles. The first-order valence-corrected chi connectivity index (χ1v) is 8.53. The fraction of sp³-hybridized carbons (Fsp3) is 0.625. The fourth-order valence-corrected chi connectivity index (χ4v) is 3.46. The molecule has 0 saturated heterocycles. The van der Waals surface area contributed by atoms with Gasteiger partial charge in [0.05, 0.1) is 4.92 Å². The quantitative estimate of drug-likeness (QED) is 0.596. The summed E-state index contributed by atoms with van der Waals surface area (Å²) in [6.07, 6.45) is 6.54. The van der Waals surface area contributed by atoms with Crippen LogP contribution in [0, 0.1) is 22.0 Å². The maximum Gasteiger partial charge on any atom is 0.275 e. The average molecular weight is 355 g/mol. The van der Waals surface area contributed by atoms with Crippen LogP contribution >= 0.6 is 15.9 Å². The molecule has 0 aromatic heterocycles. The van der Waals surface area contributed by atoms with E-state index in [0.717, 1.165) is 28.4 Å². The Morgan fingerprint density at radius 1 is 1.29 bits per heavy atom. The Balaban J connectivity index is 1.83. The van der Waals surface area contributed by atoms with Crippen molar-refractivity contribution >= 4 is 21.6 Å². The number of nitro benzene ring substituents is 1. The zero-order valence-electron chi connectivity index (χ0n) is 12.5. The fourth-order valence-electron chi connectivity index (χ4n) is 3.11. The van der Waals surface area contributed by atoms with Gasteiger partial charge in [-0.05, 0) is 43.4 Å². The predicted molar refractivity (Wildman–Crippen MR) is 88.2 cm³/mol. The van der Waals surface area contributed by atoms with Crippen LogP contribution in [-0.4, -0.2) is 11.5 Å². The standard InChI is InChI=1S/C16H23BrN2O2/c1-2-12-3-5-13(6-4-12)10-18-11-14-7-8-15(17)9-16(14)19(20)21/h7-9,12-13,18H,2-6,10-11H2,1H3. The number of nitro groups is 1. The first-order chi connectivity index (χ1) is 10.1. The van der Waals surface area contributed by atoms with Gasteiger partial charge < -0.3 is 5.32 Å². The molecular weight excluding hydrogens is 332 g/mol. The first kappa shape index (κ1) is 16.4. The topological polar surface area (TPSA) is 55.2 Å². The van der Waals surface area contributed by atoms with Crippen LogP contribution in [0.5, 0.6) is 0 Å². The van der Waals surface area contributed by atoms with Crippen LogP contribution in [0.25, 0.3) is 0 Å². The second-order valence-electron chi connectivity index (χ2n) is 5.96. The van der Waals surface area contributed by atoms with Gasteiger partial charge in [0, 0.05) is 22.6 Å². The highest BCUT2D eigenvalue weighted by molar-refractivity contribution is 9.10. The number of hydrogen-bond acceptors (Lipinski definition) is 3. The summed E-state index contributed by atoms with van der Waals surface area (Å²) in [4.78, 5) is 10.8. The lowest BCUT2D eigenvalue weighted by atomic mass is 9.81. The van der Waals surface area contributed by atoms with Crippen molar-refractivity contribution in [2.45, 2.75) is 45.6 Å². The minimum atomic E-state index is -0.311. The second-order valence-corrected chi connectivity index (χ2v) is 6.87. The Morgan fingerprint density at radius 3 is 2.57 bits per heavy atom. The highest BCUT2D eigenvalue weighted by Gasteiger charge is 2.20. The highest BCUT2D eigenvalue weighted by atomic mass is 79.9. The van der Waals surface area contributed by atoms with E-state index in [2.05, 4.69) is 28.2 Å². The SMILES string of the molecule is CCC1CCC(CNCc2ccc(Br)cc2[N+](=O)[O-])CC1. The van der Waals surface area contributed by atoms with Crippen LogP contribution < -0.4 is 5.32 Å². The van der Waals surface area contributed by atoms with Crippen molar-refractivity contribution in [3.63, 3.8) is 0 Å². The van der Waals surface area contributed by atoms with Gasteiger partial charge in [0.25, 0.3) is 5.69 Å². The monoisotopic (exact) mass is 354 g/mol. The number of hydrogen-bond donors (Lipinski definition) is 1. The minimum absolute atomic E-state index is 0.187. The lowest BCUT2D eigenvalue weighted by molar-refractivity contribution is -0.385. The molecule has 1 aromatic carbocycles. The largest absolute Gasteiger partial charge is 0.312 e. The van der Waals surface area contributed by atoms with Gasteiger partial charge in [-0.2, -0.15) is 0 Å². The molecule has 1 aliphatic carbocycles. The second kappa shape index (κ2) is 7.90. The third-order valence-corrected chi connectivity index (χ3v) is 5.03. The first-order valence-electron chi connectivity index (χ1n) is 7.73. The molecule has 5 heteroatoms. The van der Waals surface area contributed by atoms with E-state index in [1.165, 1.54) is 32.1 Å². The Bertz CT molecular complexity index is 485. The van der Waals surface area contributed by atoms with Gasteiger partial charge in [-0.25, -0.2) is 0 Å². The molecule has 1 aliphatic rings. The molecule has 0 radical (unpaired) electrons. The average Bonchev–Trinajstić information content (AvgIpc) is 2.49. The summed E-state index contributed by atoms with van der Waals surface area (Å²) in [6, 6.07) is 5.25. The van der Waals surface area contributed by atoms with Gasteiger partial charge in [0.2, 0.25) is 0 Å². The van der Waals surface area contributed by atoms with Gasteiger partial charge in [0.15, 0.2) is 0 Å². The third kappa shape index (κ3) is 4.78. The molecule has 0 atom stereocenters. The van der Waals surface area contributed by atoms with Gasteiger partial charge in [-0.3, -0.25) is 10.1 Å². The molecule has 1 fully saturated rings. The number of nitrogens with zero attached hydrogens (tertiary/aromatic N) is 1. The summed E-state index contributed by atoms with van der Waals surface area (Å²) < 4.78 is 0.746. The van der Waals surface area contributed by atoms with Crippen LogP contribution in [0.15, 0.2) is 22.7 Å². The number of benzene rings is 1. The van der Waals surface area contributed by atoms with Crippen LogP contribution in [0.1, 0.15) is 44.6 Å². The van der Waals surface area contributed by atoms with E-state index in [-0.39, 0.29) is 10.6 Å². The van der Waals surface area contributed by atoms with Crippen molar-refractivity contribution < 1.29 is 4.92 Å². The van der Waals surface area contributed by atoms with Gasteiger partial charge >= 0.3 is 0 Å². The van der Waals surface area contributed by atoms with E-state index < -0.39 is 0 Å². The van der Waals surface area contributed by atoms with E-state index in [1.807, 2.05) is 12.1 Å². The minimum Gasteiger partial charge on any atom is -0.312 e. The molecule has 0 aliphatic heterocycles. The summed E-state index contributed by atoms with van der Waals surface area (Å²) in [5.74, 6) is 1.64. The zero-order valence-corrected chi connectivity index (χ0v) is 14.1. The maximum absolute atomic E-state index is 11.1. The van der Waals surface area contributed by atoms with Crippen molar-refractivity contribution in [1.82, 2.24) is 5.32 Å². The van der Waals surface area contributed by atoms with Crippen LogP contribution in [0.3, 0.4) is 0 Å². The van der Waals surface area contributed by atoms with E-state index in [9.17, 15) is 10.1 Å². The molecule has 116 valence electrons. The predicted octanol–water partition coefficient (Wildman–Crippen LogP) is 4.66. The Morgan fingerprint density at radius 2 is 1.95 bits per heavy atom. The zero-order chi connectivity index (χ0) is 15.2. The van der Waals surface area contributed by atoms with Crippen LogP contribution in [-0.2, 0) is 6.54 Å². The molecule has 0 unspecified atom stereocenters. The number of halogens is 1. The normalized spacial score (nSPS) is 22.2. The molecule has 21 heavy (non-hydrogen) atoms. The summed E-state index contributed by atoms with van der Waals surface area (Å²) in [6.45, 7) is 3.80. The summed E-state index contributed by atoms with van der Waals surface area (Å²) >= 11 is 3.28. The highest BCUT2D eigenvalue weighted by Crippen LogP contribution is 2.30. The van der Waals surface area contributed by atoms with Gasteiger partial charge in [0.1, 0.15) is 0 Å². The number of rotatable bonds is 6. The van der Waals surface area contributed by atoms with Gasteiger partial charge in [-0.1, -0.05) is 42.1 Å². The van der Waals surface area contributed by atoms with E-state index in [1.54, 1.807) is 6.07 Å². The van der Waals surface area contributed by atoms with Crippen LogP contribution in [0.4, 0.5) is 5.69 Å². The van der Waals surface area contributed by atoms with Crippen molar-refractivity contribution in [1.29, 1.82) is 0 Å². The van der Waals surface area contributed by atoms with Crippen molar-refractivity contribution in [2.24, 2.45) is 11.8 Å². The summed E-state index contributed by atoms with van der Waals surface area (Å²) in [5.41, 5.74) is 0.942. The molecule has 0 bridgehead atoms. The third-order valence-electron chi connectivity index (χ3n) is 4.54. The Kier molecular flexibility index (Phi) is 6.18. The molecular formula is C16H23BrN2O2. The van der Waals surface area contributed by atoms with E-state index in [0.29, 0.717) is 6.54 Å². The molecule has 1 saturated carbocycles. The molecule has 4 nitrogen and oxygen atoms in total. The van der Waals surface area contributed by atoms with Crippen molar-refractivity contribution in [3.05, 3.63) is 38.3 Å². The Hall–Kier alpha value is -0.940. The van der Waals surface area contributed by atoms with Gasteiger partial charge in [-0.15, -0.1) is 0 Å².